The van der Waals surface area contributed by atoms with Crippen LogP contribution in [0.1, 0.15) is 47.2 Å². The van der Waals surface area contributed by atoms with Crippen LogP contribution >= 0.6 is 11.3 Å². The Morgan fingerprint density at radius 2 is 2.23 bits per heavy atom. The third-order valence-corrected chi connectivity index (χ3v) is 5.99. The summed E-state index contributed by atoms with van der Waals surface area (Å²) >= 11 is 1.65. The summed E-state index contributed by atoms with van der Waals surface area (Å²) in [6, 6.07) is 9.10. The minimum Gasteiger partial charge on any atom is -0.375 e. The number of aromatic nitrogens is 1. The number of aliphatic imine (C=N–C) groups is 1. The first kappa shape index (κ1) is 18.9. The molecule has 0 aliphatic heterocycles. The van der Waals surface area contributed by atoms with Crippen molar-refractivity contribution >= 4 is 17.3 Å². The maximum Gasteiger partial charge on any atom is 0.193 e. The third kappa shape index (κ3) is 4.24. The average molecular weight is 373 g/mol. The first-order valence-corrected chi connectivity index (χ1v) is 9.88. The normalized spacial score (nSPS) is 20.7. The van der Waals surface area contributed by atoms with Crippen molar-refractivity contribution in [3.8, 4) is 0 Å². The van der Waals surface area contributed by atoms with Crippen molar-refractivity contribution < 1.29 is 4.74 Å². The van der Waals surface area contributed by atoms with Gasteiger partial charge in [0.1, 0.15) is 11.1 Å². The number of aryl methyl sites for hydroxylation is 1. The van der Waals surface area contributed by atoms with Crippen LogP contribution in [0.4, 0.5) is 0 Å². The molecule has 2 aromatic rings. The SMILES string of the molecule is CN=C(NC1CC1c1ccccc1C)N(C)Cc1csc(C(C)OC)n1. The predicted molar refractivity (Wildman–Crippen MR) is 108 cm³/mol. The maximum absolute atomic E-state index is 5.35. The van der Waals surface area contributed by atoms with Gasteiger partial charge in [0.2, 0.25) is 0 Å². The van der Waals surface area contributed by atoms with E-state index in [2.05, 4.69) is 63.8 Å². The Balaban J connectivity index is 1.58. The molecule has 1 saturated carbocycles. The Morgan fingerprint density at radius 3 is 2.92 bits per heavy atom. The number of nitrogens with one attached hydrogen (secondary N) is 1. The number of nitrogens with zero attached hydrogens (tertiary/aromatic N) is 3. The highest BCUT2D eigenvalue weighted by Gasteiger charge is 2.40. The molecule has 3 rings (SSSR count). The lowest BCUT2D eigenvalue weighted by Crippen LogP contribution is -2.40. The zero-order chi connectivity index (χ0) is 18.7. The van der Waals surface area contributed by atoms with Gasteiger partial charge in [-0.25, -0.2) is 4.98 Å². The van der Waals surface area contributed by atoms with Crippen LogP contribution in [0.2, 0.25) is 0 Å². The lowest BCUT2D eigenvalue weighted by molar-refractivity contribution is 0.119. The average Bonchev–Trinajstić information content (AvgIpc) is 3.25. The van der Waals surface area contributed by atoms with Gasteiger partial charge in [0.15, 0.2) is 5.96 Å². The summed E-state index contributed by atoms with van der Waals surface area (Å²) in [5, 5.41) is 6.72. The number of methoxy groups -OCH3 is 1. The molecule has 3 atom stereocenters. The van der Waals surface area contributed by atoms with E-state index in [1.165, 1.54) is 11.1 Å². The van der Waals surface area contributed by atoms with E-state index in [0.717, 1.165) is 29.6 Å². The van der Waals surface area contributed by atoms with Crippen LogP contribution in [0.3, 0.4) is 0 Å². The van der Waals surface area contributed by atoms with E-state index < -0.39 is 0 Å². The Bertz CT molecular complexity index is 773. The van der Waals surface area contributed by atoms with Gasteiger partial charge in [-0.2, -0.15) is 0 Å². The Morgan fingerprint density at radius 1 is 1.46 bits per heavy atom. The van der Waals surface area contributed by atoms with Crippen LogP contribution in [0.25, 0.3) is 0 Å². The summed E-state index contributed by atoms with van der Waals surface area (Å²) in [7, 11) is 5.60. The number of rotatable bonds is 6. The Hall–Kier alpha value is -1.92. The largest absolute Gasteiger partial charge is 0.375 e. The van der Waals surface area contributed by atoms with Crippen LogP contribution in [0.5, 0.6) is 0 Å². The van der Waals surface area contributed by atoms with Crippen molar-refractivity contribution in [2.75, 3.05) is 21.2 Å². The second kappa shape index (κ2) is 8.18. The molecule has 5 nitrogen and oxygen atoms in total. The lowest BCUT2D eigenvalue weighted by atomic mass is 10.0. The minimum atomic E-state index is 0.0397. The molecule has 0 saturated heterocycles. The first-order chi connectivity index (χ1) is 12.5. The monoisotopic (exact) mass is 372 g/mol. The third-order valence-electron chi connectivity index (χ3n) is 4.94. The molecule has 3 unspecified atom stereocenters. The van der Waals surface area contributed by atoms with Gasteiger partial charge in [0.25, 0.3) is 0 Å². The Kier molecular flexibility index (Phi) is 5.94. The van der Waals surface area contributed by atoms with Gasteiger partial charge < -0.3 is 15.0 Å². The van der Waals surface area contributed by atoms with Gasteiger partial charge in [0, 0.05) is 38.5 Å². The second-order valence-corrected chi connectivity index (χ2v) is 7.80. The van der Waals surface area contributed by atoms with Gasteiger partial charge in [-0.3, -0.25) is 4.99 Å². The molecule has 1 aliphatic carbocycles. The van der Waals surface area contributed by atoms with Gasteiger partial charge >= 0.3 is 0 Å². The van der Waals surface area contributed by atoms with Crippen molar-refractivity contribution in [2.45, 2.75) is 44.9 Å². The molecule has 1 aromatic heterocycles. The molecule has 6 heteroatoms. The molecule has 140 valence electrons. The summed E-state index contributed by atoms with van der Waals surface area (Å²) in [6.07, 6.45) is 1.20. The summed E-state index contributed by atoms with van der Waals surface area (Å²) in [5.74, 6) is 1.50. The molecule has 0 radical (unpaired) electrons. The van der Waals surface area contributed by atoms with Crippen molar-refractivity contribution in [3.63, 3.8) is 0 Å². The molecule has 1 aliphatic rings. The van der Waals surface area contributed by atoms with Crippen LogP contribution in [0, 0.1) is 6.92 Å². The Labute approximate surface area is 160 Å². The number of hydrogen-bond acceptors (Lipinski definition) is 4. The standard InChI is InChI=1S/C20H28N4OS/c1-13-8-6-7-9-16(13)17-10-18(17)23-20(21-3)24(4)11-15-12-26-19(22-15)14(2)25-5/h6-9,12,14,17-18H,10-11H2,1-5H3,(H,21,23). The van der Waals surface area contributed by atoms with E-state index in [-0.39, 0.29) is 6.10 Å². The summed E-state index contributed by atoms with van der Waals surface area (Å²) < 4.78 is 5.35. The molecule has 1 N–H and O–H groups in total. The molecular weight excluding hydrogens is 344 g/mol. The van der Waals surface area contributed by atoms with E-state index in [1.807, 2.05) is 14.0 Å². The van der Waals surface area contributed by atoms with Crippen LogP contribution in [-0.2, 0) is 11.3 Å². The van der Waals surface area contributed by atoms with Crippen molar-refractivity contribution in [1.82, 2.24) is 15.2 Å². The highest BCUT2D eigenvalue weighted by molar-refractivity contribution is 7.09. The molecule has 1 aromatic carbocycles. The highest BCUT2D eigenvalue weighted by Crippen LogP contribution is 2.42. The van der Waals surface area contributed by atoms with Gasteiger partial charge in [0.05, 0.1) is 12.2 Å². The molecule has 1 fully saturated rings. The quantitative estimate of drug-likeness (QED) is 0.620. The van der Waals surface area contributed by atoms with E-state index in [1.54, 1.807) is 18.4 Å². The zero-order valence-electron chi connectivity index (χ0n) is 16.2. The zero-order valence-corrected chi connectivity index (χ0v) is 17.0. The summed E-state index contributed by atoms with van der Waals surface area (Å²) in [6.45, 7) is 4.94. The van der Waals surface area contributed by atoms with Crippen molar-refractivity contribution in [2.24, 2.45) is 4.99 Å². The van der Waals surface area contributed by atoms with Crippen molar-refractivity contribution in [1.29, 1.82) is 0 Å². The lowest BCUT2D eigenvalue weighted by Gasteiger charge is -2.21. The number of ether oxygens (including phenoxy) is 1. The molecule has 0 spiro atoms. The maximum atomic E-state index is 5.35. The topological polar surface area (TPSA) is 49.8 Å². The van der Waals surface area contributed by atoms with Gasteiger partial charge in [-0.15, -0.1) is 11.3 Å². The fraction of sp³-hybridized carbons (Fsp3) is 0.500. The molecular formula is C20H28N4OS. The van der Waals surface area contributed by atoms with E-state index in [0.29, 0.717) is 12.0 Å². The van der Waals surface area contributed by atoms with E-state index in [9.17, 15) is 0 Å². The number of hydrogen-bond donors (Lipinski definition) is 1. The van der Waals surface area contributed by atoms with E-state index >= 15 is 0 Å². The first-order valence-electron chi connectivity index (χ1n) is 9.00. The number of thiazole rings is 1. The second-order valence-electron chi connectivity index (χ2n) is 6.91. The molecule has 1 heterocycles. The fourth-order valence-electron chi connectivity index (χ4n) is 3.21. The van der Waals surface area contributed by atoms with Gasteiger partial charge in [-0.05, 0) is 31.4 Å². The van der Waals surface area contributed by atoms with Crippen molar-refractivity contribution in [3.05, 3.63) is 51.5 Å². The van der Waals surface area contributed by atoms with Gasteiger partial charge in [-0.1, -0.05) is 24.3 Å². The van der Waals surface area contributed by atoms with Crippen LogP contribution in [-0.4, -0.2) is 43.1 Å². The summed E-state index contributed by atoms with van der Waals surface area (Å²) in [5.41, 5.74) is 3.86. The molecule has 26 heavy (non-hydrogen) atoms. The predicted octanol–water partition coefficient (Wildman–Crippen LogP) is 3.72. The van der Waals surface area contributed by atoms with E-state index in [4.69, 9.17) is 4.74 Å². The number of benzene rings is 1. The minimum absolute atomic E-state index is 0.0397. The highest BCUT2D eigenvalue weighted by atomic mass is 32.1. The summed E-state index contributed by atoms with van der Waals surface area (Å²) in [4.78, 5) is 11.3. The van der Waals surface area contributed by atoms with Crippen LogP contribution < -0.4 is 5.32 Å². The smallest absolute Gasteiger partial charge is 0.193 e. The fourth-order valence-corrected chi connectivity index (χ4v) is 4.05. The molecule has 0 bridgehead atoms. The molecule has 0 amide bonds. The number of guanidine groups is 1. The van der Waals surface area contributed by atoms with Crippen LogP contribution in [0.15, 0.2) is 34.6 Å².